The Labute approximate surface area is 105 Å². The first-order valence-corrected chi connectivity index (χ1v) is 5.68. The third kappa shape index (κ3) is 2.32. The number of carbonyl (C=O) groups is 1. The lowest BCUT2D eigenvalue weighted by Crippen LogP contribution is -2.06. The molecule has 0 aliphatic rings. The first-order valence-electron chi connectivity index (χ1n) is 5.30. The van der Waals surface area contributed by atoms with Gasteiger partial charge < -0.3 is 5.32 Å². The van der Waals surface area contributed by atoms with E-state index in [1.165, 1.54) is 0 Å². The van der Waals surface area contributed by atoms with Crippen LogP contribution < -0.4 is 5.32 Å². The van der Waals surface area contributed by atoms with Crippen molar-refractivity contribution in [2.75, 3.05) is 12.4 Å². The molecule has 17 heavy (non-hydrogen) atoms. The molecule has 0 aromatic heterocycles. The first kappa shape index (κ1) is 11.7. The Balaban J connectivity index is 2.51. The highest BCUT2D eigenvalue weighted by Crippen LogP contribution is 2.26. The van der Waals surface area contributed by atoms with Gasteiger partial charge in [0.15, 0.2) is 5.78 Å². The number of carbonyl (C=O) groups excluding carboxylic acids is 1. The molecule has 0 radical (unpaired) electrons. The van der Waals surface area contributed by atoms with Gasteiger partial charge in [0.05, 0.1) is 10.6 Å². The van der Waals surface area contributed by atoms with Gasteiger partial charge in [0.25, 0.3) is 0 Å². The molecule has 2 rings (SSSR count). The maximum atomic E-state index is 12.3. The van der Waals surface area contributed by atoms with Gasteiger partial charge in [0.2, 0.25) is 0 Å². The molecule has 1 N–H and O–H groups in total. The number of rotatable bonds is 3. The van der Waals surface area contributed by atoms with Gasteiger partial charge in [-0.3, -0.25) is 4.79 Å². The summed E-state index contributed by atoms with van der Waals surface area (Å²) in [5.41, 5.74) is 1.89. The molecule has 0 bridgehead atoms. The van der Waals surface area contributed by atoms with Crippen LogP contribution in [0.2, 0.25) is 5.02 Å². The van der Waals surface area contributed by atoms with E-state index in [4.69, 9.17) is 11.6 Å². The fourth-order valence-electron chi connectivity index (χ4n) is 1.70. The number of hydrogen-bond acceptors (Lipinski definition) is 2. The summed E-state index contributed by atoms with van der Waals surface area (Å²) in [6.07, 6.45) is 0. The molecule has 0 unspecified atom stereocenters. The smallest absolute Gasteiger partial charge is 0.196 e. The second kappa shape index (κ2) is 5.02. The average molecular weight is 246 g/mol. The minimum atomic E-state index is -0.0689. The minimum absolute atomic E-state index is 0.0689. The largest absolute Gasteiger partial charge is 0.387 e. The minimum Gasteiger partial charge on any atom is -0.387 e. The van der Waals surface area contributed by atoms with Crippen molar-refractivity contribution in [3.63, 3.8) is 0 Å². The van der Waals surface area contributed by atoms with Gasteiger partial charge in [-0.15, -0.1) is 0 Å². The van der Waals surface area contributed by atoms with Crippen molar-refractivity contribution < 1.29 is 4.79 Å². The maximum absolute atomic E-state index is 12.3. The van der Waals surface area contributed by atoms with E-state index < -0.39 is 0 Å². The zero-order valence-corrected chi connectivity index (χ0v) is 10.2. The summed E-state index contributed by atoms with van der Waals surface area (Å²) < 4.78 is 0. The van der Waals surface area contributed by atoms with Crippen LogP contribution in [0.3, 0.4) is 0 Å². The molecular weight excluding hydrogens is 234 g/mol. The topological polar surface area (TPSA) is 29.1 Å². The van der Waals surface area contributed by atoms with Gasteiger partial charge in [-0.05, 0) is 12.1 Å². The molecule has 0 aliphatic carbocycles. The Morgan fingerprint density at radius 2 is 1.76 bits per heavy atom. The summed E-state index contributed by atoms with van der Waals surface area (Å²) >= 11 is 6.09. The van der Waals surface area contributed by atoms with E-state index in [0.29, 0.717) is 16.1 Å². The van der Waals surface area contributed by atoms with Crippen molar-refractivity contribution in [2.45, 2.75) is 0 Å². The predicted octanol–water partition coefficient (Wildman–Crippen LogP) is 3.61. The highest BCUT2D eigenvalue weighted by atomic mass is 35.5. The average Bonchev–Trinajstić information content (AvgIpc) is 2.38. The molecule has 86 valence electrons. The molecule has 0 fully saturated rings. The van der Waals surface area contributed by atoms with Crippen molar-refractivity contribution in [1.29, 1.82) is 0 Å². The summed E-state index contributed by atoms with van der Waals surface area (Å²) in [5.74, 6) is -0.0689. The highest BCUT2D eigenvalue weighted by Gasteiger charge is 2.16. The van der Waals surface area contributed by atoms with Crippen LogP contribution in [0.4, 0.5) is 5.69 Å². The number of ketones is 1. The number of hydrogen-bond donors (Lipinski definition) is 1. The van der Waals surface area contributed by atoms with E-state index in [1.807, 2.05) is 30.3 Å². The molecule has 0 saturated carbocycles. The molecule has 3 heteroatoms. The lowest BCUT2D eigenvalue weighted by atomic mass is 10.0. The second-order valence-electron chi connectivity index (χ2n) is 3.61. The van der Waals surface area contributed by atoms with Gasteiger partial charge >= 0.3 is 0 Å². The second-order valence-corrected chi connectivity index (χ2v) is 4.01. The van der Waals surface area contributed by atoms with Crippen LogP contribution in [0.5, 0.6) is 0 Å². The van der Waals surface area contributed by atoms with Crippen LogP contribution in [-0.2, 0) is 0 Å². The summed E-state index contributed by atoms with van der Waals surface area (Å²) in [7, 11) is 1.77. The van der Waals surface area contributed by atoms with E-state index in [2.05, 4.69) is 5.32 Å². The molecular formula is C14H12ClNO. The molecule has 0 saturated heterocycles. The Morgan fingerprint density at radius 1 is 1.06 bits per heavy atom. The Hall–Kier alpha value is -1.80. The van der Waals surface area contributed by atoms with E-state index >= 15 is 0 Å². The van der Waals surface area contributed by atoms with Gasteiger partial charge in [-0.2, -0.15) is 0 Å². The third-order valence-corrected chi connectivity index (χ3v) is 2.86. The molecule has 0 heterocycles. The summed E-state index contributed by atoms with van der Waals surface area (Å²) in [6, 6.07) is 14.5. The Kier molecular flexibility index (Phi) is 3.45. The molecule has 2 aromatic carbocycles. The van der Waals surface area contributed by atoms with Crippen molar-refractivity contribution in [3.05, 3.63) is 64.7 Å². The monoisotopic (exact) mass is 245 g/mol. The molecule has 0 atom stereocenters. The van der Waals surface area contributed by atoms with Crippen LogP contribution >= 0.6 is 11.6 Å². The molecule has 2 nitrogen and oxygen atoms in total. The van der Waals surface area contributed by atoms with Crippen LogP contribution in [0.25, 0.3) is 0 Å². The first-order chi connectivity index (χ1) is 8.24. The van der Waals surface area contributed by atoms with Crippen molar-refractivity contribution >= 4 is 23.1 Å². The standard InChI is InChI=1S/C14H12ClNO/c1-16-12-9-5-8-11(15)13(12)14(17)10-6-3-2-4-7-10/h2-9,16H,1H3. The van der Waals surface area contributed by atoms with E-state index in [-0.39, 0.29) is 5.78 Å². The summed E-state index contributed by atoms with van der Waals surface area (Å²) in [5, 5.41) is 3.45. The normalized spacial score (nSPS) is 10.0. The van der Waals surface area contributed by atoms with E-state index in [1.54, 1.807) is 25.2 Å². The van der Waals surface area contributed by atoms with E-state index in [0.717, 1.165) is 5.69 Å². The van der Waals surface area contributed by atoms with Crippen molar-refractivity contribution in [3.8, 4) is 0 Å². The summed E-state index contributed by atoms with van der Waals surface area (Å²) in [6.45, 7) is 0. The van der Waals surface area contributed by atoms with Crippen LogP contribution in [0.1, 0.15) is 15.9 Å². The Morgan fingerprint density at radius 3 is 2.41 bits per heavy atom. The SMILES string of the molecule is CNc1cccc(Cl)c1C(=O)c1ccccc1. The fourth-order valence-corrected chi connectivity index (χ4v) is 1.96. The highest BCUT2D eigenvalue weighted by molar-refractivity contribution is 6.36. The maximum Gasteiger partial charge on any atom is 0.196 e. The Bertz CT molecular complexity index is 537. The number of benzene rings is 2. The van der Waals surface area contributed by atoms with Gasteiger partial charge in [0, 0.05) is 18.3 Å². The molecule has 0 spiro atoms. The zero-order valence-electron chi connectivity index (χ0n) is 9.41. The quantitative estimate of drug-likeness (QED) is 0.837. The fraction of sp³-hybridized carbons (Fsp3) is 0.0714. The van der Waals surface area contributed by atoms with Crippen molar-refractivity contribution in [1.82, 2.24) is 0 Å². The lowest BCUT2D eigenvalue weighted by Gasteiger charge is -2.09. The van der Waals surface area contributed by atoms with Crippen molar-refractivity contribution in [2.24, 2.45) is 0 Å². The van der Waals surface area contributed by atoms with Gasteiger partial charge in [-0.1, -0.05) is 48.0 Å². The van der Waals surface area contributed by atoms with Crippen LogP contribution in [0, 0.1) is 0 Å². The number of nitrogens with one attached hydrogen (secondary N) is 1. The number of anilines is 1. The van der Waals surface area contributed by atoms with Crippen LogP contribution in [-0.4, -0.2) is 12.8 Å². The molecule has 0 amide bonds. The molecule has 2 aromatic rings. The third-order valence-electron chi connectivity index (χ3n) is 2.55. The van der Waals surface area contributed by atoms with Crippen LogP contribution in [0.15, 0.2) is 48.5 Å². The lowest BCUT2D eigenvalue weighted by molar-refractivity contribution is 0.103. The van der Waals surface area contributed by atoms with E-state index in [9.17, 15) is 4.79 Å². The predicted molar refractivity (Wildman–Crippen MR) is 70.9 cm³/mol. The zero-order chi connectivity index (χ0) is 12.3. The summed E-state index contributed by atoms with van der Waals surface area (Å²) in [4.78, 5) is 12.3. The van der Waals surface area contributed by atoms with Gasteiger partial charge in [0.1, 0.15) is 0 Å². The molecule has 0 aliphatic heterocycles. The number of halogens is 1. The van der Waals surface area contributed by atoms with Gasteiger partial charge in [-0.25, -0.2) is 0 Å².